The predicted octanol–water partition coefficient (Wildman–Crippen LogP) is 13.0. The van der Waals surface area contributed by atoms with Crippen molar-refractivity contribution in [1.29, 1.82) is 0 Å². The molecule has 0 spiro atoms. The van der Waals surface area contributed by atoms with Crippen molar-refractivity contribution in [2.24, 2.45) is 22.6 Å². The Morgan fingerprint density at radius 2 is 0.607 bits per heavy atom. The summed E-state index contributed by atoms with van der Waals surface area (Å²) in [5.41, 5.74) is 29.3. The van der Waals surface area contributed by atoms with E-state index in [1.807, 2.05) is 89.5 Å². The van der Waals surface area contributed by atoms with E-state index in [0.717, 1.165) is 109 Å². The molecular weight excluding hydrogens is 1790 g/mol. The molecule has 8 aromatic heterocycles. The number of carbonyl (C=O) groups excluding carboxylic acids is 8. The van der Waals surface area contributed by atoms with Crippen LogP contribution >= 0.6 is 0 Å². The van der Waals surface area contributed by atoms with Crippen LogP contribution in [0.4, 0.5) is 17.6 Å². The Morgan fingerprint density at radius 3 is 0.857 bits per heavy atom. The number of hydrogen-bond acceptors (Lipinski definition) is 20. The molecule has 0 unspecified atom stereocenters. The summed E-state index contributed by atoms with van der Waals surface area (Å²) in [4.78, 5) is 137. The van der Waals surface area contributed by atoms with Crippen LogP contribution in [0.5, 0.6) is 0 Å². The molecule has 4 aliphatic heterocycles. The van der Waals surface area contributed by atoms with Crippen LogP contribution in [-0.4, -0.2) is 275 Å². The smallest absolute Gasteiger partial charge is 0.274 e. The number of nitrogens with zero attached hydrogens (tertiary/aromatic N) is 20. The van der Waals surface area contributed by atoms with Gasteiger partial charge in [-0.2, -0.15) is 20.4 Å². The molecule has 7 N–H and O–H groups in total. The first-order chi connectivity index (χ1) is 66.4. The van der Waals surface area contributed by atoms with E-state index in [9.17, 15) is 61.0 Å². The monoisotopic (exact) mass is 1920 g/mol. The van der Waals surface area contributed by atoms with Gasteiger partial charge in [-0.05, 0) is 230 Å². The fraction of sp³-hybridized carbons (Fsp3) is 0.462. The van der Waals surface area contributed by atoms with E-state index in [1.54, 1.807) is 121 Å². The van der Waals surface area contributed by atoms with Gasteiger partial charge in [0.15, 0.2) is 22.6 Å². The summed E-state index contributed by atoms with van der Waals surface area (Å²) >= 11 is 0. The van der Waals surface area contributed by atoms with Gasteiger partial charge in [0.1, 0.15) is 52.1 Å². The summed E-state index contributed by atoms with van der Waals surface area (Å²) in [6, 6.07) is 31.8. The van der Waals surface area contributed by atoms with Crippen LogP contribution in [0.1, 0.15) is 236 Å². The number of rotatable bonds is 15. The average Bonchev–Trinajstić information content (AvgIpc) is 1.44. The number of imidazole rings is 4. The molecule has 5 atom stereocenters. The van der Waals surface area contributed by atoms with E-state index in [0.29, 0.717) is 141 Å². The van der Waals surface area contributed by atoms with Crippen LogP contribution in [0.25, 0.3) is 67.6 Å². The van der Waals surface area contributed by atoms with Gasteiger partial charge in [-0.15, -0.1) is 0 Å². The number of nitrogens with two attached hydrogens (primary N) is 3. The lowest BCUT2D eigenvalue weighted by Crippen LogP contribution is -2.65. The maximum absolute atomic E-state index is 13.5. The van der Waals surface area contributed by atoms with E-state index in [2.05, 4.69) is 81.9 Å². The van der Waals surface area contributed by atoms with Crippen molar-refractivity contribution >= 4 is 69.8 Å². The number of halogens is 4. The van der Waals surface area contributed by atoms with E-state index >= 15 is 0 Å². The van der Waals surface area contributed by atoms with Crippen molar-refractivity contribution in [3.05, 3.63) is 214 Å². The zero-order valence-electron chi connectivity index (χ0n) is 81.9. The van der Waals surface area contributed by atoms with Gasteiger partial charge in [0.25, 0.3) is 29.5 Å². The summed E-state index contributed by atoms with van der Waals surface area (Å²) in [5, 5.41) is 28.9. The van der Waals surface area contributed by atoms with Crippen molar-refractivity contribution < 1.29 is 61.0 Å². The van der Waals surface area contributed by atoms with Crippen molar-refractivity contribution in [3.63, 3.8) is 0 Å². The number of aryl methyl sites for hydroxylation is 1. The number of piperazine rings is 4. The lowest BCUT2D eigenvalue weighted by atomic mass is 9.76. The van der Waals surface area contributed by atoms with E-state index < -0.39 is 28.1 Å². The molecule has 7 aliphatic rings. The molecule has 0 bridgehead atoms. The fourth-order valence-electron chi connectivity index (χ4n) is 19.2. The van der Waals surface area contributed by atoms with Crippen LogP contribution in [0.2, 0.25) is 0 Å². The van der Waals surface area contributed by atoms with Crippen molar-refractivity contribution in [2.75, 3.05) is 78.5 Å². The van der Waals surface area contributed by atoms with Gasteiger partial charge in [-0.3, -0.25) is 38.4 Å². The molecule has 3 saturated carbocycles. The van der Waals surface area contributed by atoms with Crippen LogP contribution < -0.4 is 17.2 Å². The second-order valence-corrected chi connectivity index (χ2v) is 40.8. The summed E-state index contributed by atoms with van der Waals surface area (Å²) < 4.78 is 60.0. The summed E-state index contributed by atoms with van der Waals surface area (Å²) in [6.07, 6.45) is 13.9. The van der Waals surface area contributed by atoms with Crippen molar-refractivity contribution in [2.45, 2.75) is 226 Å². The Kier molecular flexibility index (Phi) is 28.6. The van der Waals surface area contributed by atoms with E-state index in [4.69, 9.17) is 17.2 Å². The zero-order chi connectivity index (χ0) is 100. The molecule has 4 saturated heterocycles. The summed E-state index contributed by atoms with van der Waals surface area (Å²) in [7, 11) is 0. The number of aromatic nitrogens is 12. The van der Waals surface area contributed by atoms with E-state index in [1.165, 1.54) is 48.5 Å². The number of aliphatic hydroxyl groups is 1. The maximum Gasteiger partial charge on any atom is 0.274 e. The quantitative estimate of drug-likeness (QED) is 0.0693. The van der Waals surface area contributed by atoms with Gasteiger partial charge >= 0.3 is 0 Å². The highest BCUT2D eigenvalue weighted by Gasteiger charge is 2.51. The number of aliphatic hydroxyl groups excluding tert-OH is 1. The number of amides is 8. The third kappa shape index (κ3) is 21.0. The highest BCUT2D eigenvalue weighted by atomic mass is 19.1. The topological polar surface area (TPSA) is 382 Å². The molecule has 3 aliphatic carbocycles. The third-order valence-electron chi connectivity index (χ3n) is 28.1. The van der Waals surface area contributed by atoms with Crippen LogP contribution in [0.15, 0.2) is 146 Å². The number of benzene rings is 4. The molecule has 738 valence electrons. The summed E-state index contributed by atoms with van der Waals surface area (Å²) in [6.45, 7) is 32.5. The second kappa shape index (κ2) is 40.1. The molecular formula is C104H125F4N23O9. The fourth-order valence-corrected chi connectivity index (χ4v) is 19.2. The van der Waals surface area contributed by atoms with Crippen molar-refractivity contribution in [1.82, 2.24) is 97.6 Å². The molecule has 36 heteroatoms. The van der Waals surface area contributed by atoms with Gasteiger partial charge in [0.05, 0.1) is 64.2 Å². The van der Waals surface area contributed by atoms with Crippen LogP contribution in [0.3, 0.4) is 0 Å². The number of hydrogen-bond donors (Lipinski definition) is 4. The Bertz CT molecular complexity index is 6680. The Balaban J connectivity index is 0.000000135. The highest BCUT2D eigenvalue weighted by molar-refractivity contribution is 5.97. The minimum absolute atomic E-state index is 0.00447. The second-order valence-electron chi connectivity index (χ2n) is 40.8. The third-order valence-corrected chi connectivity index (χ3v) is 28.1. The molecule has 140 heavy (non-hydrogen) atoms. The molecule has 7 fully saturated rings. The molecule has 32 nitrogen and oxygen atoms in total. The Morgan fingerprint density at radius 1 is 0.357 bits per heavy atom. The molecule has 8 amide bonds. The minimum atomic E-state index is -1.10. The lowest BCUT2D eigenvalue weighted by molar-refractivity contribution is -0.150. The normalized spacial score (nSPS) is 19.3. The minimum Gasteiger partial charge on any atom is -0.383 e. The Hall–Kier alpha value is -13.3. The predicted molar refractivity (Wildman–Crippen MR) is 521 cm³/mol. The van der Waals surface area contributed by atoms with Crippen LogP contribution in [0, 0.1) is 35.6 Å². The first-order valence-corrected chi connectivity index (χ1v) is 48.5. The van der Waals surface area contributed by atoms with Gasteiger partial charge in [0, 0.05) is 142 Å². The van der Waals surface area contributed by atoms with Gasteiger partial charge in [0.2, 0.25) is 17.7 Å². The molecule has 0 radical (unpaired) electrons. The number of fused-ring (bicyclic) bond motifs is 4. The molecule has 4 aromatic carbocycles. The van der Waals surface area contributed by atoms with Crippen LogP contribution in [-0.2, 0) is 19.2 Å². The molecule has 12 aromatic rings. The zero-order valence-corrected chi connectivity index (χ0v) is 81.9. The van der Waals surface area contributed by atoms with Crippen molar-refractivity contribution in [3.8, 4) is 45.0 Å². The van der Waals surface area contributed by atoms with E-state index in [-0.39, 0.29) is 118 Å². The van der Waals surface area contributed by atoms with Gasteiger partial charge in [-0.1, -0.05) is 81.6 Å². The first-order valence-electron chi connectivity index (χ1n) is 48.5. The van der Waals surface area contributed by atoms with Gasteiger partial charge < -0.3 is 61.5 Å². The average molecular weight is 1920 g/mol. The molecule has 12 heterocycles. The number of carbonyl (C=O) groups is 8. The summed E-state index contributed by atoms with van der Waals surface area (Å²) in [5.74, 6) is -1.89. The molecule has 19 rings (SSSR count). The highest BCUT2D eigenvalue weighted by Crippen LogP contribution is 2.39. The first kappa shape index (κ1) is 99.7. The van der Waals surface area contributed by atoms with Gasteiger partial charge in [-0.25, -0.2) is 55.6 Å². The lowest BCUT2D eigenvalue weighted by Gasteiger charge is -2.46. The Labute approximate surface area is 810 Å². The largest absolute Gasteiger partial charge is 0.383 e. The standard InChI is InChI=1S/C28H35FN6O2.C26H31FN6O2.C25H29FN6O2.C25H30FN5O3/c1-18(2)22-15-23(20-7-9-21(29)10-8-20)32-35-17-24(31-25(22)35)26(36)33-13-14-34(19(3)16-33)27(37)28(30)11-5-4-6-12-28;1-16(2)20-13-21(18-5-7-19(27)8-6-18)30-33-15-22(29-23(20)33)24(34)31-11-12-32(17(3)14-31)25(35)26(28)9-4-10-26;1-15(2)19-12-20(17-4-6-18(26)7-5-17)29-32-14-21(28-22(19)32)23(33)30-10-11-31(16(3)13-30)24(34)25(27)8-9-25;1-15-12-19(17-6-8-18(26)9-7-17)28-31-14-20(27-22(15)31)23(33)29-10-11-30(16(2)13-29)24(34)21(32)25(3,4)5/h7-10,15,17-19H,4-6,11-14,16,30H2,1-3H3;5-8,13,15-17H,4,9-12,14,28H2,1-3H3;4-7,12,14-16H,8-11,13,27H2,1-3H3;6-9,12,14,16,21,32H,10-11,13H2,1-5H3/t19-;17-;16-;16-,21-/m0000/s1. The maximum atomic E-state index is 13.5. The SMILES string of the molecule is CC(C)c1cc(-c2ccc(F)cc2)nn2cc(C(=O)N3CCN(C(=O)C4(N)CC4)[C@@H](C)C3)nc12.CC(C)c1cc(-c2ccc(F)cc2)nn2cc(C(=O)N3CCN(C(=O)C4(N)CCC4)[C@@H](C)C3)nc12.CC(C)c1cc(-c2ccc(F)cc2)nn2cc(C(=O)N3CCN(C(=O)C4(N)CCCCC4)[C@@H](C)C3)nc12.Cc1cc(-c2ccc(F)cc2)nn2cc(C(=O)N3CCN(C(=O)[C@H](O)C(C)(C)C)[C@@H](C)C3)nc12.